The molecule has 0 fully saturated rings. The molecule has 154 valence electrons. The maximum Gasteiger partial charge on any atom is 0.330 e. The van der Waals surface area contributed by atoms with E-state index in [9.17, 15) is 9.59 Å². The fourth-order valence-corrected chi connectivity index (χ4v) is 2.56. The first-order chi connectivity index (χ1) is 14.0. The predicted molar refractivity (Wildman–Crippen MR) is 108 cm³/mol. The van der Waals surface area contributed by atoms with Gasteiger partial charge in [-0.1, -0.05) is 12.1 Å². The van der Waals surface area contributed by atoms with E-state index in [0.29, 0.717) is 35.0 Å². The lowest BCUT2D eigenvalue weighted by atomic mass is 10.1. The van der Waals surface area contributed by atoms with Crippen LogP contribution in [0.1, 0.15) is 17.5 Å². The highest BCUT2D eigenvalue weighted by Crippen LogP contribution is 2.30. The molecule has 0 aromatic heterocycles. The molecular formula is C22H24O7. The Morgan fingerprint density at radius 1 is 0.828 bits per heavy atom. The highest BCUT2D eigenvalue weighted by molar-refractivity contribution is 5.87. The Labute approximate surface area is 169 Å². The molecule has 2 aromatic carbocycles. The summed E-state index contributed by atoms with van der Waals surface area (Å²) in [4.78, 5) is 23.5. The number of hydrogen-bond acceptors (Lipinski definition) is 7. The molecular weight excluding hydrogens is 376 g/mol. The number of methoxy groups -OCH3 is 4. The van der Waals surface area contributed by atoms with Gasteiger partial charge in [0.25, 0.3) is 0 Å². The van der Waals surface area contributed by atoms with E-state index in [1.807, 2.05) is 12.1 Å². The van der Waals surface area contributed by atoms with E-state index in [1.165, 1.54) is 20.3 Å². The SMILES string of the molecule is COC(=O)/C=C/c1ccc(OC(=O)CCc2ccc(OC)c(OC)c2)c(OC)c1. The minimum absolute atomic E-state index is 0.183. The van der Waals surface area contributed by atoms with Crippen LogP contribution in [0.5, 0.6) is 23.0 Å². The van der Waals surface area contributed by atoms with E-state index in [1.54, 1.807) is 44.6 Å². The van der Waals surface area contributed by atoms with Crippen LogP contribution in [0.4, 0.5) is 0 Å². The number of hydrogen-bond donors (Lipinski definition) is 0. The van der Waals surface area contributed by atoms with Crippen LogP contribution in [0.2, 0.25) is 0 Å². The second-order valence-electron chi connectivity index (χ2n) is 5.93. The van der Waals surface area contributed by atoms with Crippen molar-refractivity contribution >= 4 is 18.0 Å². The topological polar surface area (TPSA) is 80.3 Å². The summed E-state index contributed by atoms with van der Waals surface area (Å²) >= 11 is 0. The average Bonchev–Trinajstić information content (AvgIpc) is 2.76. The third-order valence-electron chi connectivity index (χ3n) is 4.09. The molecule has 0 N–H and O–H groups in total. The molecule has 0 saturated heterocycles. The highest BCUT2D eigenvalue weighted by atomic mass is 16.6. The smallest absolute Gasteiger partial charge is 0.330 e. The lowest BCUT2D eigenvalue weighted by Crippen LogP contribution is -2.10. The molecule has 0 saturated carbocycles. The molecule has 0 atom stereocenters. The van der Waals surface area contributed by atoms with E-state index in [4.69, 9.17) is 18.9 Å². The van der Waals surface area contributed by atoms with Crippen molar-refractivity contribution in [2.75, 3.05) is 28.4 Å². The monoisotopic (exact) mass is 400 g/mol. The van der Waals surface area contributed by atoms with Crippen LogP contribution < -0.4 is 18.9 Å². The van der Waals surface area contributed by atoms with Crippen molar-refractivity contribution in [1.29, 1.82) is 0 Å². The van der Waals surface area contributed by atoms with Gasteiger partial charge in [-0.3, -0.25) is 4.79 Å². The molecule has 2 rings (SSSR count). The van der Waals surface area contributed by atoms with Gasteiger partial charge in [0.2, 0.25) is 0 Å². The minimum atomic E-state index is -0.463. The van der Waals surface area contributed by atoms with Crippen molar-refractivity contribution in [2.45, 2.75) is 12.8 Å². The Kier molecular flexibility index (Phi) is 8.09. The first-order valence-electron chi connectivity index (χ1n) is 8.86. The Morgan fingerprint density at radius 2 is 1.48 bits per heavy atom. The number of esters is 2. The minimum Gasteiger partial charge on any atom is -0.493 e. The second kappa shape index (κ2) is 10.8. The predicted octanol–water partition coefficient (Wildman–Crippen LogP) is 3.44. The van der Waals surface area contributed by atoms with Crippen molar-refractivity contribution in [2.24, 2.45) is 0 Å². The lowest BCUT2D eigenvalue weighted by molar-refractivity contribution is -0.135. The number of ether oxygens (including phenoxy) is 5. The van der Waals surface area contributed by atoms with Gasteiger partial charge in [0.15, 0.2) is 23.0 Å². The first kappa shape index (κ1) is 21.8. The van der Waals surface area contributed by atoms with Crippen molar-refractivity contribution in [1.82, 2.24) is 0 Å². The largest absolute Gasteiger partial charge is 0.493 e. The number of rotatable bonds is 9. The van der Waals surface area contributed by atoms with Crippen molar-refractivity contribution in [3.8, 4) is 23.0 Å². The Morgan fingerprint density at radius 3 is 2.14 bits per heavy atom. The van der Waals surface area contributed by atoms with Crippen LogP contribution in [0.3, 0.4) is 0 Å². The van der Waals surface area contributed by atoms with E-state index >= 15 is 0 Å². The number of aryl methyl sites for hydroxylation is 1. The van der Waals surface area contributed by atoms with Crippen LogP contribution >= 0.6 is 0 Å². The summed E-state index contributed by atoms with van der Waals surface area (Å²) in [7, 11) is 5.91. The maximum atomic E-state index is 12.3. The van der Waals surface area contributed by atoms with Crippen LogP contribution in [-0.4, -0.2) is 40.4 Å². The Hall–Kier alpha value is -3.48. The molecule has 0 bridgehead atoms. The number of carbonyl (C=O) groups excluding carboxylic acids is 2. The molecule has 0 radical (unpaired) electrons. The van der Waals surface area contributed by atoms with Gasteiger partial charge in [0.05, 0.1) is 28.4 Å². The summed E-state index contributed by atoms with van der Waals surface area (Å²) in [6.45, 7) is 0. The molecule has 0 spiro atoms. The third kappa shape index (κ3) is 6.27. The summed E-state index contributed by atoms with van der Waals surface area (Å²) in [6.07, 6.45) is 3.55. The fourth-order valence-electron chi connectivity index (χ4n) is 2.56. The Balaban J connectivity index is 2.01. The van der Waals surface area contributed by atoms with Crippen molar-refractivity contribution in [3.63, 3.8) is 0 Å². The van der Waals surface area contributed by atoms with Gasteiger partial charge < -0.3 is 23.7 Å². The molecule has 7 nitrogen and oxygen atoms in total. The van der Waals surface area contributed by atoms with Gasteiger partial charge in [-0.05, 0) is 47.9 Å². The zero-order valence-electron chi connectivity index (χ0n) is 16.9. The van der Waals surface area contributed by atoms with Crippen LogP contribution in [0.15, 0.2) is 42.5 Å². The van der Waals surface area contributed by atoms with E-state index in [2.05, 4.69) is 4.74 Å². The summed E-state index contributed by atoms with van der Waals surface area (Å²) < 4.78 is 25.7. The summed E-state index contributed by atoms with van der Waals surface area (Å²) in [5.74, 6) is 1.07. The second-order valence-corrected chi connectivity index (χ2v) is 5.93. The molecule has 0 amide bonds. The van der Waals surface area contributed by atoms with Crippen molar-refractivity contribution in [3.05, 3.63) is 53.6 Å². The molecule has 29 heavy (non-hydrogen) atoms. The summed E-state index contributed by atoms with van der Waals surface area (Å²) in [5, 5.41) is 0. The normalized spacial score (nSPS) is 10.5. The van der Waals surface area contributed by atoms with E-state index in [0.717, 1.165) is 5.56 Å². The van der Waals surface area contributed by atoms with E-state index in [-0.39, 0.29) is 6.42 Å². The van der Waals surface area contributed by atoms with Gasteiger partial charge in [-0.2, -0.15) is 0 Å². The Bertz CT molecular complexity index is 887. The fraction of sp³-hybridized carbons (Fsp3) is 0.273. The van der Waals surface area contributed by atoms with Gasteiger partial charge in [-0.25, -0.2) is 4.79 Å². The first-order valence-corrected chi connectivity index (χ1v) is 8.86. The summed E-state index contributed by atoms with van der Waals surface area (Å²) in [6, 6.07) is 10.5. The van der Waals surface area contributed by atoms with Crippen LogP contribution in [-0.2, 0) is 20.7 Å². The molecule has 0 aliphatic rings. The molecule has 7 heteroatoms. The van der Waals surface area contributed by atoms with E-state index < -0.39 is 11.9 Å². The van der Waals surface area contributed by atoms with Crippen molar-refractivity contribution < 1.29 is 33.3 Å². The number of benzene rings is 2. The van der Waals surface area contributed by atoms with Gasteiger partial charge in [0.1, 0.15) is 0 Å². The molecule has 2 aromatic rings. The highest BCUT2D eigenvalue weighted by Gasteiger charge is 2.12. The standard InChI is InChI=1S/C22H24O7/c1-25-17-9-5-15(13-19(17)26-2)8-12-22(24)29-18-10-6-16(14-20(18)27-3)7-11-21(23)28-4/h5-7,9-11,13-14H,8,12H2,1-4H3/b11-7+. The lowest BCUT2D eigenvalue weighted by Gasteiger charge is -2.11. The van der Waals surface area contributed by atoms with Crippen LogP contribution in [0.25, 0.3) is 6.08 Å². The van der Waals surface area contributed by atoms with Gasteiger partial charge in [0, 0.05) is 12.5 Å². The zero-order chi connectivity index (χ0) is 21.2. The van der Waals surface area contributed by atoms with Gasteiger partial charge in [-0.15, -0.1) is 0 Å². The maximum absolute atomic E-state index is 12.3. The third-order valence-corrected chi connectivity index (χ3v) is 4.09. The average molecular weight is 400 g/mol. The molecule has 0 unspecified atom stereocenters. The molecule has 0 aliphatic heterocycles. The van der Waals surface area contributed by atoms with Crippen LogP contribution in [0, 0.1) is 0 Å². The number of carbonyl (C=O) groups is 2. The van der Waals surface area contributed by atoms with Gasteiger partial charge >= 0.3 is 11.9 Å². The molecule has 0 heterocycles. The molecule has 0 aliphatic carbocycles. The summed E-state index contributed by atoms with van der Waals surface area (Å²) in [5.41, 5.74) is 1.63. The zero-order valence-corrected chi connectivity index (χ0v) is 16.9. The quantitative estimate of drug-likeness (QED) is 0.362.